The predicted molar refractivity (Wildman–Crippen MR) is 563 cm³/mol. The molecule has 3 N–H and O–H groups in total. The molecule has 9 heterocycles. The number of benzene rings is 12. The van der Waals surface area contributed by atoms with Crippen LogP contribution in [0.4, 0.5) is 0 Å². The Hall–Kier alpha value is -13.6. The van der Waals surface area contributed by atoms with Crippen molar-refractivity contribution >= 4 is 65.8 Å². The molecule has 0 unspecified atom stereocenters. The van der Waals surface area contributed by atoms with E-state index in [1.54, 1.807) is 6.07 Å². The number of para-hydroxylation sites is 4. The van der Waals surface area contributed by atoms with Crippen LogP contribution in [0.5, 0.6) is 17.2 Å². The minimum atomic E-state index is -0.249. The Morgan fingerprint density at radius 3 is 0.906 bits per heavy atom. The van der Waals surface area contributed by atoms with E-state index >= 15 is 0 Å². The Balaban J connectivity index is 0.000000150. The molecule has 12 aromatic carbocycles. The summed E-state index contributed by atoms with van der Waals surface area (Å²) >= 11 is 0. The van der Waals surface area contributed by atoms with Gasteiger partial charge in [0.1, 0.15) is 34.2 Å². The SMILES string of the molecule is CC(C)(C)c1ccnc(-c2[c-]c(-n3c4ccccc4c4ccc(-c5cc(C(C)(C)C)cc(C(C)(C)C)c5O)nc43)cc(-c3ccccc3)c2)c1.CC(C)(C)c1ccnc(-c2[c-]c(-n3c4ccccc4c4ccc(-c5ccccc5O)nc43)cc(-c3ccccc3)c2)c1.Cc1cc(C)c(O)c(-c2ccc3c4ccccc4n(-c4[c-]c(-c5cc(C(C)(C)C)ccn5)cc(-c5ccccc5)c4)c3n2)c1.[Pt].[Pt].[Pt]. The molecule has 0 fully saturated rings. The van der Waals surface area contributed by atoms with Crippen LogP contribution in [0.15, 0.2) is 340 Å². The van der Waals surface area contributed by atoms with Gasteiger partial charge >= 0.3 is 0 Å². The van der Waals surface area contributed by atoms with E-state index < -0.39 is 0 Å². The fourth-order valence-corrected chi connectivity index (χ4v) is 18.3. The summed E-state index contributed by atoms with van der Waals surface area (Å²) in [5.74, 6) is 0.747. The first kappa shape index (κ1) is 98.5. The second-order valence-electron chi connectivity index (χ2n) is 40.8. The number of nitrogens with zero attached hydrogens (tertiary/aromatic N) is 9. The van der Waals surface area contributed by atoms with Crippen molar-refractivity contribution in [3.05, 3.63) is 397 Å². The van der Waals surface area contributed by atoms with Gasteiger partial charge in [0.2, 0.25) is 0 Å². The van der Waals surface area contributed by atoms with E-state index in [9.17, 15) is 15.3 Å². The van der Waals surface area contributed by atoms with E-state index in [-0.39, 0.29) is 108 Å². The summed E-state index contributed by atoms with van der Waals surface area (Å²) < 4.78 is 6.59. The summed E-state index contributed by atoms with van der Waals surface area (Å²) in [6, 6.07) is 122. The number of aryl methyl sites for hydroxylation is 2. The molecular weight excluding hydrogens is 2250 g/mol. The minimum Gasteiger partial charge on any atom is -0.507 e. The molecule has 702 valence electrons. The van der Waals surface area contributed by atoms with Crippen LogP contribution in [0.25, 0.3) is 184 Å². The van der Waals surface area contributed by atoms with Crippen LogP contribution in [0.2, 0.25) is 0 Å². The van der Waals surface area contributed by atoms with E-state index in [2.05, 4.69) is 384 Å². The molecule has 0 spiro atoms. The van der Waals surface area contributed by atoms with Crippen molar-refractivity contribution in [3.63, 3.8) is 0 Å². The number of phenols is 3. The van der Waals surface area contributed by atoms with Crippen LogP contribution in [0.3, 0.4) is 0 Å². The van der Waals surface area contributed by atoms with Gasteiger partial charge in [-0.05, 0) is 222 Å². The third-order valence-electron chi connectivity index (χ3n) is 25.8. The topological polar surface area (TPSA) is 153 Å². The molecule has 15 heteroatoms. The maximum atomic E-state index is 11.8. The van der Waals surface area contributed by atoms with Crippen LogP contribution in [-0.2, 0) is 90.3 Å². The summed E-state index contributed by atoms with van der Waals surface area (Å²) in [5, 5.41) is 39.9. The molecule has 12 nitrogen and oxygen atoms in total. The summed E-state index contributed by atoms with van der Waals surface area (Å²) in [4.78, 5) is 30.2. The Bertz CT molecular complexity index is 8190. The van der Waals surface area contributed by atoms with Gasteiger partial charge in [0.25, 0.3) is 0 Å². The first-order chi connectivity index (χ1) is 65.1. The molecule has 0 aliphatic carbocycles. The summed E-state index contributed by atoms with van der Waals surface area (Å²) in [6.07, 6.45) is 5.68. The molecule has 0 aliphatic heterocycles. The molecule has 0 aliphatic rings. The number of hydrogen-bond acceptors (Lipinski definition) is 9. The van der Waals surface area contributed by atoms with Gasteiger partial charge < -0.3 is 44.0 Å². The zero-order valence-corrected chi connectivity index (χ0v) is 88.0. The maximum absolute atomic E-state index is 11.8. The van der Waals surface area contributed by atoms with E-state index in [0.29, 0.717) is 11.3 Å². The van der Waals surface area contributed by atoms with Gasteiger partial charge in [0.15, 0.2) is 0 Å². The van der Waals surface area contributed by atoms with Gasteiger partial charge in [-0.1, -0.05) is 309 Å². The van der Waals surface area contributed by atoms with Crippen molar-refractivity contribution in [2.45, 2.75) is 145 Å². The van der Waals surface area contributed by atoms with E-state index in [0.717, 1.165) is 195 Å². The maximum Gasteiger partial charge on any atom is 0.144 e. The molecule has 0 radical (unpaired) electrons. The Kier molecular flexibility index (Phi) is 27.9. The second kappa shape index (κ2) is 39.4. The van der Waals surface area contributed by atoms with Crippen LogP contribution in [-0.4, -0.2) is 58.9 Å². The fraction of sp³-hybridized carbons (Fsp3) is 0.177. The summed E-state index contributed by atoms with van der Waals surface area (Å²) in [5.41, 5.74) is 31.7. The second-order valence-corrected chi connectivity index (χ2v) is 40.8. The number of pyridine rings is 6. The first-order valence-electron chi connectivity index (χ1n) is 46.6. The van der Waals surface area contributed by atoms with Gasteiger partial charge in [-0.15, -0.1) is 71.3 Å². The number of fused-ring (bicyclic) bond motifs is 9. The van der Waals surface area contributed by atoms with E-state index in [1.807, 2.05) is 99.2 Å². The zero-order chi connectivity index (χ0) is 95.0. The van der Waals surface area contributed by atoms with Crippen LogP contribution >= 0.6 is 0 Å². The van der Waals surface area contributed by atoms with E-state index in [4.69, 9.17) is 29.9 Å². The largest absolute Gasteiger partial charge is 0.507 e. The zero-order valence-electron chi connectivity index (χ0n) is 81.1. The molecule has 0 amide bonds. The standard InChI is InChI=1S/C46H46N3O.C40H34N3O.C38H30N3O.3Pt/c1-44(2,3)32-21-22-47-40(28-32)31-23-30(29-15-11-10-12-16-29)24-34(25-31)49-41-18-14-13-17-35(41)36-19-20-39(48-43(36)49)37-26-33(45(4,5)6)27-38(42(37)50)46(7,8)9;1-25-19-26(2)38(44)34(20-25)35-16-15-33-32-13-9-10-14-37(32)43(39(33)42-35)31-22-28(27-11-7-6-8-12-27)21-29(23-31)36-24-30(17-18-41-36)40(3,4)5;1-38(2,3)28-19-20-39-34(24-28)27-21-26(25-11-5-4-6-12-25)22-29(23-27)41-35-15-9-7-13-30(35)31-17-18-33(40-37(31)41)32-14-8-10-16-36(32)42;;;/h10-24,26-28,50H,1-9H3;6-22,24,44H,1-5H3;4-22,24,42H,1-3H3;;;/q3*-1;;;. The molecule has 21 aromatic rings. The number of hydrogen-bond donors (Lipinski definition) is 3. The van der Waals surface area contributed by atoms with Crippen LogP contribution < -0.4 is 0 Å². The number of aromatic nitrogens is 9. The van der Waals surface area contributed by atoms with Crippen molar-refractivity contribution in [3.8, 4) is 135 Å². The quantitative estimate of drug-likeness (QED) is 0.101. The molecule has 139 heavy (non-hydrogen) atoms. The molecule has 0 saturated heterocycles. The van der Waals surface area contributed by atoms with Crippen LogP contribution in [0, 0.1) is 32.0 Å². The number of aromatic hydroxyl groups is 3. The summed E-state index contributed by atoms with van der Waals surface area (Å²) in [6.45, 7) is 37.0. The van der Waals surface area contributed by atoms with Crippen molar-refractivity contribution < 1.29 is 78.5 Å². The van der Waals surface area contributed by atoms with Crippen LogP contribution in [0.1, 0.15) is 143 Å². The normalized spacial score (nSPS) is 11.8. The van der Waals surface area contributed by atoms with E-state index in [1.165, 1.54) is 16.7 Å². The third kappa shape index (κ3) is 20.0. The van der Waals surface area contributed by atoms with Crippen molar-refractivity contribution in [1.82, 2.24) is 43.6 Å². The van der Waals surface area contributed by atoms with Crippen molar-refractivity contribution in [1.29, 1.82) is 0 Å². The third-order valence-corrected chi connectivity index (χ3v) is 25.8. The molecule has 21 rings (SSSR count). The summed E-state index contributed by atoms with van der Waals surface area (Å²) in [7, 11) is 0. The monoisotopic (exact) mass is 2360 g/mol. The average Bonchev–Trinajstić information content (AvgIpc) is 1.60. The predicted octanol–water partition coefficient (Wildman–Crippen LogP) is 31.3. The Morgan fingerprint density at radius 1 is 0.252 bits per heavy atom. The smallest absolute Gasteiger partial charge is 0.144 e. The molecule has 0 bridgehead atoms. The minimum absolute atomic E-state index is 0. The first-order valence-corrected chi connectivity index (χ1v) is 46.6. The van der Waals surface area contributed by atoms with Gasteiger partial charge in [-0.3, -0.25) is 0 Å². The van der Waals surface area contributed by atoms with Gasteiger partial charge in [0.05, 0.1) is 33.6 Å². The Labute approximate surface area is 857 Å². The Morgan fingerprint density at radius 2 is 0.568 bits per heavy atom. The van der Waals surface area contributed by atoms with Gasteiger partial charge in [0, 0.05) is 136 Å². The van der Waals surface area contributed by atoms with Crippen molar-refractivity contribution in [2.24, 2.45) is 0 Å². The number of rotatable bonds is 12. The molecular formula is C124H110N9O3Pt3-3. The van der Waals surface area contributed by atoms with Gasteiger partial charge in [-0.25, -0.2) is 15.0 Å². The van der Waals surface area contributed by atoms with Crippen molar-refractivity contribution in [2.75, 3.05) is 0 Å². The molecule has 9 aromatic heterocycles. The van der Waals surface area contributed by atoms with Gasteiger partial charge in [-0.2, -0.15) is 0 Å². The molecule has 0 atom stereocenters. The number of phenolic OH excluding ortho intramolecular Hbond substituents is 3. The molecule has 0 saturated carbocycles. The average molecular weight is 2360 g/mol. The fourth-order valence-electron chi connectivity index (χ4n) is 18.3.